The van der Waals surface area contributed by atoms with Gasteiger partial charge in [-0.3, -0.25) is 0 Å². The highest BCUT2D eigenvalue weighted by molar-refractivity contribution is 9.11. The standard InChI is InChI=1S/C65H48Br2/c1-63(2)55-21-13-11-19-47(55)49-25-23-37(31-57(49)63)39-27-29-45(43-17-9-7-15-41(39)43)53-33-59-51(35-61(53)66)52-36-62(67)54(34-60(52)65(59,5)6)46-30-28-40(42-16-8-10-18-44(42)46)38-24-26-50-48-20-12-14-22-56(48)64(3,4)58(50)32-38/h7-36H,1-6H3. The smallest absolute Gasteiger partial charge is 0.0260 e. The Bertz CT molecular complexity index is 3560. The van der Waals surface area contributed by atoms with Crippen molar-refractivity contribution in [3.8, 4) is 77.9 Å². The van der Waals surface area contributed by atoms with E-state index in [1.165, 1.54) is 133 Å². The lowest BCUT2D eigenvalue weighted by molar-refractivity contribution is 0.660. The van der Waals surface area contributed by atoms with Gasteiger partial charge in [0.15, 0.2) is 0 Å². The summed E-state index contributed by atoms with van der Waals surface area (Å²) in [6.45, 7) is 14.3. The molecule has 10 aromatic rings. The van der Waals surface area contributed by atoms with Crippen LogP contribution >= 0.6 is 31.9 Å². The van der Waals surface area contributed by atoms with Gasteiger partial charge in [0.05, 0.1) is 0 Å². The Morgan fingerprint density at radius 2 is 0.537 bits per heavy atom. The third kappa shape index (κ3) is 5.76. The van der Waals surface area contributed by atoms with Gasteiger partial charge < -0.3 is 0 Å². The zero-order chi connectivity index (χ0) is 45.7. The van der Waals surface area contributed by atoms with Gasteiger partial charge in [0.2, 0.25) is 0 Å². The Hall–Kier alpha value is -6.32. The molecule has 0 nitrogen and oxygen atoms in total. The Morgan fingerprint density at radius 3 is 0.955 bits per heavy atom. The molecule has 13 rings (SSSR count). The van der Waals surface area contributed by atoms with Gasteiger partial charge in [-0.15, -0.1) is 0 Å². The molecule has 0 aromatic heterocycles. The molecule has 3 aliphatic rings. The molecule has 0 saturated heterocycles. The monoisotopic (exact) mass is 986 g/mol. The molecule has 0 atom stereocenters. The Kier molecular flexibility index (Phi) is 8.76. The Balaban J connectivity index is 0.884. The molecule has 2 heteroatoms. The van der Waals surface area contributed by atoms with Crippen LogP contribution in [0.15, 0.2) is 191 Å². The summed E-state index contributed by atoms with van der Waals surface area (Å²) in [5.74, 6) is 0. The number of halogens is 2. The van der Waals surface area contributed by atoms with Crippen molar-refractivity contribution < 1.29 is 0 Å². The molecule has 0 heterocycles. The average molecular weight is 989 g/mol. The summed E-state index contributed by atoms with van der Waals surface area (Å²) >= 11 is 8.25. The lowest BCUT2D eigenvalue weighted by atomic mass is 9.80. The SMILES string of the molecule is CC1(C)c2ccccc2-c2ccc(-c3ccc(-c4cc5c(cc4Br)-c4cc(Br)c(-c6ccc(-c7ccc8c(c7)C(C)(C)c7ccccc7-8)c7ccccc67)cc4C5(C)C)c4ccccc34)cc21. The van der Waals surface area contributed by atoms with Crippen LogP contribution in [0.2, 0.25) is 0 Å². The van der Waals surface area contributed by atoms with Crippen molar-refractivity contribution >= 4 is 53.4 Å². The second-order valence-electron chi connectivity index (χ2n) is 20.7. The van der Waals surface area contributed by atoms with Crippen LogP contribution in [0.3, 0.4) is 0 Å². The first-order chi connectivity index (χ1) is 32.3. The fraction of sp³-hybridized carbons (Fsp3) is 0.138. The maximum Gasteiger partial charge on any atom is 0.0260 e. The number of hydrogen-bond donors (Lipinski definition) is 0. The molecule has 10 aromatic carbocycles. The van der Waals surface area contributed by atoms with E-state index in [1.807, 2.05) is 0 Å². The van der Waals surface area contributed by atoms with Crippen molar-refractivity contribution in [2.75, 3.05) is 0 Å². The van der Waals surface area contributed by atoms with Crippen LogP contribution < -0.4 is 0 Å². The largest absolute Gasteiger partial charge is 0.0619 e. The zero-order valence-electron chi connectivity index (χ0n) is 38.6. The van der Waals surface area contributed by atoms with Crippen LogP contribution in [0.4, 0.5) is 0 Å². The molecule has 0 radical (unpaired) electrons. The van der Waals surface area contributed by atoms with Crippen LogP contribution in [0.25, 0.3) is 99.4 Å². The Morgan fingerprint density at radius 1 is 0.239 bits per heavy atom. The quantitative estimate of drug-likeness (QED) is 0.165. The van der Waals surface area contributed by atoms with Crippen molar-refractivity contribution in [1.29, 1.82) is 0 Å². The summed E-state index contributed by atoms with van der Waals surface area (Å²) in [5, 5.41) is 5.04. The van der Waals surface area contributed by atoms with E-state index < -0.39 is 0 Å². The van der Waals surface area contributed by atoms with E-state index in [4.69, 9.17) is 0 Å². The molecule has 0 amide bonds. The third-order valence-corrected chi connectivity index (χ3v) is 17.4. The molecule has 0 N–H and O–H groups in total. The summed E-state index contributed by atoms with van der Waals surface area (Å²) in [5.41, 5.74) is 25.9. The predicted octanol–water partition coefficient (Wildman–Crippen LogP) is 19.1. The van der Waals surface area contributed by atoms with Crippen LogP contribution in [0, 0.1) is 0 Å². The summed E-state index contributed by atoms with van der Waals surface area (Å²) in [7, 11) is 0. The van der Waals surface area contributed by atoms with E-state index in [2.05, 4.69) is 255 Å². The van der Waals surface area contributed by atoms with Crippen molar-refractivity contribution in [3.63, 3.8) is 0 Å². The van der Waals surface area contributed by atoms with Gasteiger partial charge in [-0.1, -0.05) is 219 Å². The highest BCUT2D eigenvalue weighted by atomic mass is 79.9. The van der Waals surface area contributed by atoms with Gasteiger partial charge in [-0.25, -0.2) is 0 Å². The fourth-order valence-corrected chi connectivity index (χ4v) is 13.6. The minimum atomic E-state index is -0.231. The molecule has 3 aliphatic carbocycles. The van der Waals surface area contributed by atoms with Crippen LogP contribution in [-0.4, -0.2) is 0 Å². The lowest BCUT2D eigenvalue weighted by Gasteiger charge is -2.24. The van der Waals surface area contributed by atoms with Crippen molar-refractivity contribution in [3.05, 3.63) is 224 Å². The van der Waals surface area contributed by atoms with Crippen LogP contribution in [-0.2, 0) is 16.2 Å². The van der Waals surface area contributed by atoms with Crippen molar-refractivity contribution in [2.24, 2.45) is 0 Å². The first-order valence-electron chi connectivity index (χ1n) is 23.5. The van der Waals surface area contributed by atoms with Gasteiger partial charge in [-0.2, -0.15) is 0 Å². The van der Waals surface area contributed by atoms with E-state index in [0.717, 1.165) is 8.95 Å². The molecule has 322 valence electrons. The topological polar surface area (TPSA) is 0 Å². The van der Waals surface area contributed by atoms with Crippen LogP contribution in [0.5, 0.6) is 0 Å². The summed E-state index contributed by atoms with van der Waals surface area (Å²) in [6.07, 6.45) is 0. The van der Waals surface area contributed by atoms with Crippen LogP contribution in [0.1, 0.15) is 74.9 Å². The highest BCUT2D eigenvalue weighted by Gasteiger charge is 2.39. The van der Waals surface area contributed by atoms with Gasteiger partial charge in [0.1, 0.15) is 0 Å². The van der Waals surface area contributed by atoms with Crippen molar-refractivity contribution in [1.82, 2.24) is 0 Å². The van der Waals surface area contributed by atoms with Crippen molar-refractivity contribution in [2.45, 2.75) is 57.8 Å². The molecule has 0 bridgehead atoms. The van der Waals surface area contributed by atoms with Gasteiger partial charge in [-0.05, 0) is 169 Å². The van der Waals surface area contributed by atoms with Gasteiger partial charge in [0.25, 0.3) is 0 Å². The first kappa shape index (κ1) is 40.9. The minimum Gasteiger partial charge on any atom is -0.0619 e. The Labute approximate surface area is 410 Å². The van der Waals surface area contributed by atoms with E-state index in [1.54, 1.807) is 0 Å². The number of fused-ring (bicyclic) bond motifs is 11. The number of benzene rings is 10. The lowest BCUT2D eigenvalue weighted by Crippen LogP contribution is -2.15. The summed E-state index contributed by atoms with van der Waals surface area (Å²) in [6, 6.07) is 68.9. The number of rotatable bonds is 4. The van der Waals surface area contributed by atoms with E-state index in [0.29, 0.717) is 0 Å². The predicted molar refractivity (Wildman–Crippen MR) is 291 cm³/mol. The molecule has 67 heavy (non-hydrogen) atoms. The fourth-order valence-electron chi connectivity index (χ4n) is 12.5. The van der Waals surface area contributed by atoms with E-state index in [9.17, 15) is 0 Å². The van der Waals surface area contributed by atoms with E-state index >= 15 is 0 Å². The van der Waals surface area contributed by atoms with Gasteiger partial charge >= 0.3 is 0 Å². The first-order valence-corrected chi connectivity index (χ1v) is 25.1. The molecule has 0 spiro atoms. The third-order valence-electron chi connectivity index (χ3n) is 16.1. The highest BCUT2D eigenvalue weighted by Crippen LogP contribution is 2.56. The molecular weight excluding hydrogens is 941 g/mol. The maximum atomic E-state index is 4.13. The average Bonchev–Trinajstić information content (AvgIpc) is 3.81. The summed E-state index contributed by atoms with van der Waals surface area (Å²) in [4.78, 5) is 0. The number of hydrogen-bond acceptors (Lipinski definition) is 0. The maximum absolute atomic E-state index is 4.13. The molecule has 0 unspecified atom stereocenters. The molecule has 0 fully saturated rings. The molecular formula is C65H48Br2. The zero-order valence-corrected chi connectivity index (χ0v) is 41.7. The normalized spacial score (nSPS) is 15.2. The second-order valence-corrected chi connectivity index (χ2v) is 22.4. The minimum absolute atomic E-state index is 0.0545. The summed E-state index contributed by atoms with van der Waals surface area (Å²) < 4.78 is 2.20. The molecule has 0 saturated carbocycles. The van der Waals surface area contributed by atoms with E-state index in [-0.39, 0.29) is 16.2 Å². The second kappa shape index (κ2) is 14.3. The van der Waals surface area contributed by atoms with Gasteiger partial charge in [0, 0.05) is 25.2 Å². The molecule has 0 aliphatic heterocycles.